The quantitative estimate of drug-likeness (QED) is 0.0964. The standard InChI is InChI=1S/C31H39FN6O6/c1-31(2,3)44-30(42)36-25(18-34-37-33)29(41)38(19-20-10-16-24(43-4)17-11-20)26(27(39)21-12-14-22(32)15-13-21)28(40)35-23-8-6-5-7-9-23/h10-17,23,25,39H,5-9,18-19H2,1-4H3,(H,35,40)(H,36,42)/b27-26-/t25-/m0/s1. The minimum Gasteiger partial charge on any atom is -0.505 e. The molecule has 0 spiro atoms. The Morgan fingerprint density at radius 1 is 1.09 bits per heavy atom. The van der Waals surface area contributed by atoms with Crippen LogP contribution < -0.4 is 15.4 Å². The second-order valence-corrected chi connectivity index (χ2v) is 11.4. The van der Waals surface area contributed by atoms with Gasteiger partial charge in [0.05, 0.1) is 20.2 Å². The highest BCUT2D eigenvalue weighted by molar-refractivity contribution is 6.04. The molecule has 0 bridgehead atoms. The van der Waals surface area contributed by atoms with Crippen LogP contribution in [0, 0.1) is 5.82 Å². The van der Waals surface area contributed by atoms with Gasteiger partial charge >= 0.3 is 6.09 Å². The number of benzene rings is 2. The number of aliphatic hydroxyl groups excluding tert-OH is 1. The zero-order chi connectivity index (χ0) is 32.3. The Morgan fingerprint density at radius 2 is 1.73 bits per heavy atom. The monoisotopic (exact) mass is 610 g/mol. The number of amides is 3. The molecule has 12 nitrogen and oxygen atoms in total. The first-order chi connectivity index (χ1) is 20.9. The molecule has 236 valence electrons. The van der Waals surface area contributed by atoms with Crippen LogP contribution in [0.2, 0.25) is 0 Å². The summed E-state index contributed by atoms with van der Waals surface area (Å²) in [6.45, 7) is 4.19. The van der Waals surface area contributed by atoms with Crippen molar-refractivity contribution in [3.8, 4) is 5.75 Å². The van der Waals surface area contributed by atoms with Crippen molar-refractivity contribution in [1.29, 1.82) is 0 Å². The molecule has 1 saturated carbocycles. The molecule has 1 atom stereocenters. The van der Waals surface area contributed by atoms with Gasteiger partial charge in [0.25, 0.3) is 5.91 Å². The highest BCUT2D eigenvalue weighted by Crippen LogP contribution is 2.26. The van der Waals surface area contributed by atoms with Crippen LogP contribution in [-0.2, 0) is 20.9 Å². The molecule has 1 aliphatic rings. The van der Waals surface area contributed by atoms with Gasteiger partial charge < -0.3 is 25.2 Å². The van der Waals surface area contributed by atoms with Gasteiger partial charge in [-0.15, -0.1) is 0 Å². The number of nitrogens with one attached hydrogen (secondary N) is 2. The molecule has 1 aliphatic carbocycles. The zero-order valence-corrected chi connectivity index (χ0v) is 25.4. The third kappa shape index (κ3) is 9.91. The first kappa shape index (κ1) is 33.7. The van der Waals surface area contributed by atoms with Gasteiger partial charge in [-0.2, -0.15) is 0 Å². The summed E-state index contributed by atoms with van der Waals surface area (Å²) in [4.78, 5) is 44.7. The lowest BCUT2D eigenvalue weighted by molar-refractivity contribution is -0.135. The smallest absolute Gasteiger partial charge is 0.408 e. The van der Waals surface area contributed by atoms with Crippen molar-refractivity contribution in [2.24, 2.45) is 5.11 Å². The van der Waals surface area contributed by atoms with Crippen molar-refractivity contribution in [2.75, 3.05) is 13.7 Å². The average molecular weight is 611 g/mol. The number of hydrogen-bond acceptors (Lipinski definition) is 7. The topological polar surface area (TPSA) is 166 Å². The number of ether oxygens (including phenoxy) is 2. The Morgan fingerprint density at radius 3 is 2.30 bits per heavy atom. The van der Waals surface area contributed by atoms with E-state index < -0.39 is 53.4 Å². The summed E-state index contributed by atoms with van der Waals surface area (Å²) < 4.78 is 24.3. The maximum atomic E-state index is 14.3. The molecule has 3 N–H and O–H groups in total. The maximum absolute atomic E-state index is 14.3. The Labute approximate surface area is 255 Å². The summed E-state index contributed by atoms with van der Waals surface area (Å²) in [6.07, 6.45) is 3.36. The van der Waals surface area contributed by atoms with Crippen LogP contribution in [0.15, 0.2) is 59.3 Å². The summed E-state index contributed by atoms with van der Waals surface area (Å²) in [5.41, 5.74) is 8.33. The van der Waals surface area contributed by atoms with Crippen molar-refractivity contribution < 1.29 is 33.4 Å². The van der Waals surface area contributed by atoms with E-state index >= 15 is 0 Å². The molecule has 13 heteroatoms. The summed E-state index contributed by atoms with van der Waals surface area (Å²) in [5, 5.41) is 20.4. The molecule has 0 heterocycles. The Kier molecular flexibility index (Phi) is 12.0. The minimum atomic E-state index is -1.47. The Balaban J connectivity index is 2.15. The number of alkyl carbamates (subject to hydrolysis) is 1. The number of carbonyl (C=O) groups is 3. The van der Waals surface area contributed by atoms with E-state index in [1.54, 1.807) is 45.0 Å². The van der Waals surface area contributed by atoms with Crippen LogP contribution in [0.4, 0.5) is 9.18 Å². The Hall–Kier alpha value is -4.77. The average Bonchev–Trinajstić information content (AvgIpc) is 2.98. The Bertz CT molecular complexity index is 1380. The van der Waals surface area contributed by atoms with Crippen molar-refractivity contribution in [2.45, 2.75) is 77.1 Å². The van der Waals surface area contributed by atoms with E-state index in [9.17, 15) is 23.9 Å². The van der Waals surface area contributed by atoms with Gasteiger partial charge in [-0.25, -0.2) is 9.18 Å². The highest BCUT2D eigenvalue weighted by atomic mass is 19.1. The number of rotatable bonds is 11. The van der Waals surface area contributed by atoms with Gasteiger partial charge in [0, 0.05) is 16.5 Å². The second-order valence-electron chi connectivity index (χ2n) is 11.4. The van der Waals surface area contributed by atoms with Crippen LogP contribution in [0.1, 0.15) is 64.0 Å². The van der Waals surface area contributed by atoms with E-state index in [1.165, 1.54) is 19.2 Å². The number of halogens is 1. The molecular weight excluding hydrogens is 571 g/mol. The van der Waals surface area contributed by atoms with E-state index in [0.717, 1.165) is 49.1 Å². The fraction of sp³-hybridized carbons (Fsp3) is 0.452. The third-order valence-corrected chi connectivity index (χ3v) is 6.85. The lowest BCUT2D eigenvalue weighted by Gasteiger charge is -2.31. The fourth-order valence-corrected chi connectivity index (χ4v) is 4.73. The van der Waals surface area contributed by atoms with Crippen molar-refractivity contribution >= 4 is 23.7 Å². The normalized spacial score (nSPS) is 14.8. The van der Waals surface area contributed by atoms with Gasteiger partial charge in [-0.05, 0) is 81.1 Å². The van der Waals surface area contributed by atoms with Crippen LogP contribution in [0.5, 0.6) is 5.75 Å². The summed E-state index contributed by atoms with van der Waals surface area (Å²) in [5.74, 6) is -2.18. The molecule has 0 aromatic heterocycles. The largest absolute Gasteiger partial charge is 0.505 e. The predicted octanol–water partition coefficient (Wildman–Crippen LogP) is 5.74. The molecule has 44 heavy (non-hydrogen) atoms. The third-order valence-electron chi connectivity index (χ3n) is 6.85. The zero-order valence-electron chi connectivity index (χ0n) is 25.4. The molecule has 3 amide bonds. The molecule has 2 aromatic carbocycles. The molecule has 2 aromatic rings. The second kappa shape index (κ2) is 15.6. The van der Waals surface area contributed by atoms with E-state index in [4.69, 9.17) is 15.0 Å². The van der Waals surface area contributed by atoms with Crippen LogP contribution in [0.25, 0.3) is 16.2 Å². The first-order valence-corrected chi connectivity index (χ1v) is 14.4. The molecular formula is C31H39FN6O6. The lowest BCUT2D eigenvalue weighted by atomic mass is 9.95. The van der Waals surface area contributed by atoms with Crippen LogP contribution >= 0.6 is 0 Å². The van der Waals surface area contributed by atoms with E-state index in [-0.39, 0.29) is 18.2 Å². The van der Waals surface area contributed by atoms with Crippen molar-refractivity contribution in [1.82, 2.24) is 15.5 Å². The fourth-order valence-electron chi connectivity index (χ4n) is 4.73. The maximum Gasteiger partial charge on any atom is 0.408 e. The van der Waals surface area contributed by atoms with E-state index in [1.807, 2.05) is 0 Å². The highest BCUT2D eigenvalue weighted by Gasteiger charge is 2.35. The number of carbonyl (C=O) groups excluding carboxylic acids is 3. The first-order valence-electron chi connectivity index (χ1n) is 14.4. The molecule has 3 rings (SSSR count). The number of methoxy groups -OCH3 is 1. The van der Waals surface area contributed by atoms with Gasteiger partial charge in [-0.1, -0.05) is 36.5 Å². The number of nitrogens with zero attached hydrogens (tertiary/aromatic N) is 4. The molecule has 0 radical (unpaired) electrons. The van der Waals surface area contributed by atoms with Crippen LogP contribution in [0.3, 0.4) is 0 Å². The minimum absolute atomic E-state index is 0.0828. The van der Waals surface area contributed by atoms with Crippen LogP contribution in [-0.4, -0.2) is 59.3 Å². The van der Waals surface area contributed by atoms with Gasteiger partial charge in [0.15, 0.2) is 11.5 Å². The summed E-state index contributed by atoms with van der Waals surface area (Å²) in [7, 11) is 1.50. The van der Waals surface area contributed by atoms with E-state index in [2.05, 4.69) is 20.7 Å². The number of aliphatic hydroxyl groups is 1. The van der Waals surface area contributed by atoms with Crippen molar-refractivity contribution in [3.63, 3.8) is 0 Å². The summed E-state index contributed by atoms with van der Waals surface area (Å²) >= 11 is 0. The molecule has 0 saturated heterocycles. The van der Waals surface area contributed by atoms with Crippen molar-refractivity contribution in [3.05, 3.63) is 81.6 Å². The number of azide groups is 1. The van der Waals surface area contributed by atoms with E-state index in [0.29, 0.717) is 11.3 Å². The molecule has 1 fully saturated rings. The van der Waals surface area contributed by atoms with Gasteiger partial charge in [-0.3, -0.25) is 14.5 Å². The number of hydrogen-bond donors (Lipinski definition) is 3. The lowest BCUT2D eigenvalue weighted by Crippen LogP contribution is -2.52. The van der Waals surface area contributed by atoms with Gasteiger partial charge in [0.2, 0.25) is 5.91 Å². The van der Waals surface area contributed by atoms with Gasteiger partial charge in [0.1, 0.15) is 23.2 Å². The SMILES string of the molecule is COc1ccc(CN(C(=O)[C@H](CN=[N+]=[N-])NC(=O)OC(C)(C)C)/C(C(=O)NC2CCCCC2)=C(\O)c2ccc(F)cc2)cc1. The molecule has 0 aliphatic heterocycles. The predicted molar refractivity (Wildman–Crippen MR) is 162 cm³/mol. The molecule has 0 unspecified atom stereocenters. The summed E-state index contributed by atoms with van der Waals surface area (Å²) in [6, 6.07) is 9.82.